The van der Waals surface area contributed by atoms with Gasteiger partial charge in [0, 0.05) is 13.4 Å². The first kappa shape index (κ1) is 13.7. The van der Waals surface area contributed by atoms with E-state index in [2.05, 4.69) is 57.8 Å². The van der Waals surface area contributed by atoms with E-state index < -0.39 is 11.9 Å². The molecule has 0 heterocycles. The van der Waals surface area contributed by atoms with Crippen LogP contribution in [0.4, 0.5) is 5.69 Å². The zero-order valence-electron chi connectivity index (χ0n) is 8.01. The summed E-state index contributed by atoms with van der Waals surface area (Å²) in [5.41, 5.74) is 0.471. The first-order valence-corrected chi connectivity index (χ1v) is 6.37. The average molecular weight is 416 g/mol. The molecule has 0 aliphatic carbocycles. The number of amides is 1. The molecule has 0 aliphatic rings. The van der Waals surface area contributed by atoms with Gasteiger partial charge in [0.15, 0.2) is 0 Å². The van der Waals surface area contributed by atoms with Crippen molar-refractivity contribution in [3.05, 3.63) is 25.6 Å². The van der Waals surface area contributed by atoms with E-state index >= 15 is 0 Å². The van der Waals surface area contributed by atoms with E-state index in [0.29, 0.717) is 14.6 Å². The van der Waals surface area contributed by atoms with Crippen molar-refractivity contribution in [2.24, 2.45) is 0 Å². The van der Waals surface area contributed by atoms with Gasteiger partial charge in [-0.2, -0.15) is 0 Å². The van der Waals surface area contributed by atoms with Gasteiger partial charge in [-0.3, -0.25) is 4.79 Å². The van der Waals surface area contributed by atoms with Crippen LogP contribution in [0.1, 0.15) is 0 Å². The normalized spacial score (nSPS) is 9.75. The molecule has 1 N–H and O–H groups in total. The lowest BCUT2D eigenvalue weighted by atomic mass is 10.3. The summed E-state index contributed by atoms with van der Waals surface area (Å²) in [6, 6.07) is 3.50. The van der Waals surface area contributed by atoms with E-state index in [9.17, 15) is 9.59 Å². The summed E-state index contributed by atoms with van der Waals surface area (Å²) in [6.07, 6.45) is 0. The molecule has 4 nitrogen and oxygen atoms in total. The van der Waals surface area contributed by atoms with E-state index in [1.165, 1.54) is 0 Å². The van der Waals surface area contributed by atoms with Gasteiger partial charge in [0.05, 0.1) is 12.8 Å². The fourth-order valence-electron chi connectivity index (χ4n) is 0.919. The third-order valence-electron chi connectivity index (χ3n) is 1.62. The Kier molecular flexibility index (Phi) is 4.94. The number of esters is 1. The molecule has 0 saturated carbocycles. The number of carbonyl (C=O) groups excluding carboxylic acids is 2. The maximum atomic E-state index is 11.3. The van der Waals surface area contributed by atoms with Crippen LogP contribution in [-0.4, -0.2) is 19.0 Å². The van der Waals surface area contributed by atoms with Crippen molar-refractivity contribution < 1.29 is 14.3 Å². The summed E-state index contributed by atoms with van der Waals surface area (Å²) in [5, 5.41) is 2.43. The highest BCUT2D eigenvalue weighted by Crippen LogP contribution is 2.34. The van der Waals surface area contributed by atoms with Gasteiger partial charge in [-0.1, -0.05) is 15.9 Å². The van der Waals surface area contributed by atoms with Crippen LogP contribution < -0.4 is 5.32 Å². The monoisotopic (exact) mass is 413 g/mol. The predicted molar refractivity (Wildman–Crippen MR) is 70.2 cm³/mol. The second-order valence-corrected chi connectivity index (χ2v) is 5.31. The molecule has 0 aromatic heterocycles. The molecule has 16 heavy (non-hydrogen) atoms. The molecule has 1 rings (SSSR count). The minimum atomic E-state index is -0.943. The molecule has 0 saturated heterocycles. The molecule has 0 unspecified atom stereocenters. The Balaban J connectivity index is 2.98. The van der Waals surface area contributed by atoms with Gasteiger partial charge in [-0.15, -0.1) is 0 Å². The Bertz CT molecular complexity index is 425. The number of hydrogen-bond acceptors (Lipinski definition) is 3. The van der Waals surface area contributed by atoms with Gasteiger partial charge in [0.25, 0.3) is 0 Å². The van der Waals surface area contributed by atoms with E-state index in [1.54, 1.807) is 12.1 Å². The van der Waals surface area contributed by atoms with Crippen LogP contribution >= 0.6 is 47.8 Å². The van der Waals surface area contributed by atoms with E-state index in [4.69, 9.17) is 0 Å². The number of benzene rings is 1. The highest BCUT2D eigenvalue weighted by molar-refractivity contribution is 9.11. The van der Waals surface area contributed by atoms with E-state index in [0.717, 1.165) is 11.6 Å². The Hall–Kier alpha value is -0.400. The highest BCUT2D eigenvalue weighted by atomic mass is 79.9. The minimum absolute atomic E-state index is 0.471. The van der Waals surface area contributed by atoms with Gasteiger partial charge in [0.1, 0.15) is 0 Å². The molecule has 0 fully saturated rings. The first-order valence-electron chi connectivity index (χ1n) is 3.99. The molecule has 1 amide bonds. The standard InChI is InChI=1S/C9H6Br3NO3/c1-16-9(15)8(14)13-7-5(11)2-4(10)3-6(7)12/h2-3H,1H3,(H,13,14). The molecule has 0 radical (unpaired) electrons. The molecule has 0 aliphatic heterocycles. The molecule has 1 aromatic rings. The van der Waals surface area contributed by atoms with Gasteiger partial charge in [0.2, 0.25) is 0 Å². The van der Waals surface area contributed by atoms with Gasteiger partial charge in [-0.05, 0) is 44.0 Å². The molecule has 0 atom stereocenters. The van der Waals surface area contributed by atoms with Crippen LogP contribution in [0.5, 0.6) is 0 Å². The predicted octanol–water partition coefficient (Wildman–Crippen LogP) is 3.09. The maximum absolute atomic E-state index is 11.3. The summed E-state index contributed by atoms with van der Waals surface area (Å²) in [5.74, 6) is -1.77. The summed E-state index contributed by atoms with van der Waals surface area (Å²) in [4.78, 5) is 22.2. The number of anilines is 1. The quantitative estimate of drug-likeness (QED) is 0.566. The molecule has 86 valence electrons. The van der Waals surface area contributed by atoms with Crippen molar-refractivity contribution in [1.29, 1.82) is 0 Å². The number of hydrogen-bond donors (Lipinski definition) is 1. The zero-order valence-corrected chi connectivity index (χ0v) is 12.8. The fraction of sp³-hybridized carbons (Fsp3) is 0.111. The topological polar surface area (TPSA) is 55.4 Å². The van der Waals surface area contributed by atoms with Crippen LogP contribution in [0, 0.1) is 0 Å². The van der Waals surface area contributed by atoms with Crippen molar-refractivity contribution in [1.82, 2.24) is 0 Å². The lowest BCUT2D eigenvalue weighted by molar-refractivity contribution is -0.150. The van der Waals surface area contributed by atoms with Crippen LogP contribution in [0.25, 0.3) is 0 Å². The number of methoxy groups -OCH3 is 1. The Morgan fingerprint density at radius 1 is 1.19 bits per heavy atom. The van der Waals surface area contributed by atoms with Crippen LogP contribution in [0.2, 0.25) is 0 Å². The fourth-order valence-corrected chi connectivity index (χ4v) is 3.38. The zero-order chi connectivity index (χ0) is 12.3. The third kappa shape index (κ3) is 3.29. The smallest absolute Gasteiger partial charge is 0.396 e. The third-order valence-corrected chi connectivity index (χ3v) is 3.32. The number of carbonyl (C=O) groups is 2. The number of rotatable bonds is 1. The SMILES string of the molecule is COC(=O)C(=O)Nc1c(Br)cc(Br)cc1Br. The average Bonchev–Trinajstić information content (AvgIpc) is 2.21. The molecule has 1 aromatic carbocycles. The Morgan fingerprint density at radius 3 is 2.12 bits per heavy atom. The molecular formula is C9H6Br3NO3. The Labute approximate surface area is 117 Å². The summed E-state index contributed by atoms with van der Waals surface area (Å²) in [6.45, 7) is 0. The van der Waals surface area contributed by atoms with Crippen molar-refractivity contribution >= 4 is 65.4 Å². The number of nitrogens with one attached hydrogen (secondary N) is 1. The number of halogens is 3. The van der Waals surface area contributed by atoms with Crippen LogP contribution in [0.15, 0.2) is 25.6 Å². The first-order chi connectivity index (χ1) is 7.45. The lowest BCUT2D eigenvalue weighted by Crippen LogP contribution is -2.24. The maximum Gasteiger partial charge on any atom is 0.396 e. The van der Waals surface area contributed by atoms with E-state index in [1.807, 2.05) is 0 Å². The van der Waals surface area contributed by atoms with E-state index in [-0.39, 0.29) is 0 Å². The van der Waals surface area contributed by atoms with Crippen molar-refractivity contribution in [3.8, 4) is 0 Å². The second-order valence-electron chi connectivity index (χ2n) is 2.69. The van der Waals surface area contributed by atoms with Crippen LogP contribution in [-0.2, 0) is 14.3 Å². The minimum Gasteiger partial charge on any atom is -0.462 e. The van der Waals surface area contributed by atoms with Crippen molar-refractivity contribution in [2.75, 3.05) is 12.4 Å². The summed E-state index contributed by atoms with van der Waals surface area (Å²) in [7, 11) is 1.15. The molecule has 7 heteroatoms. The molecular weight excluding hydrogens is 410 g/mol. The second kappa shape index (κ2) is 5.79. The largest absolute Gasteiger partial charge is 0.462 e. The molecule has 0 spiro atoms. The summed E-state index contributed by atoms with van der Waals surface area (Å²) >= 11 is 9.83. The van der Waals surface area contributed by atoms with Gasteiger partial charge in [-0.25, -0.2) is 4.79 Å². The summed E-state index contributed by atoms with van der Waals surface area (Å²) < 4.78 is 6.42. The molecule has 0 bridgehead atoms. The Morgan fingerprint density at radius 2 is 1.69 bits per heavy atom. The van der Waals surface area contributed by atoms with Crippen molar-refractivity contribution in [2.45, 2.75) is 0 Å². The van der Waals surface area contributed by atoms with Gasteiger partial charge < -0.3 is 10.1 Å². The number of ether oxygens (including phenoxy) is 1. The highest BCUT2D eigenvalue weighted by Gasteiger charge is 2.17. The van der Waals surface area contributed by atoms with Gasteiger partial charge >= 0.3 is 11.9 Å². The van der Waals surface area contributed by atoms with Crippen molar-refractivity contribution in [3.63, 3.8) is 0 Å². The van der Waals surface area contributed by atoms with Crippen LogP contribution in [0.3, 0.4) is 0 Å². The lowest BCUT2D eigenvalue weighted by Gasteiger charge is -2.09.